The molecule has 0 aromatic heterocycles. The van der Waals surface area contributed by atoms with Crippen molar-refractivity contribution in [3.8, 4) is 0 Å². The van der Waals surface area contributed by atoms with Crippen molar-refractivity contribution in [3.05, 3.63) is 17.9 Å². The minimum absolute atomic E-state index is 0.771. The number of carbonyl (C=O) groups is 1. The minimum Gasteiger partial charge on any atom is -0.591 e. The summed E-state index contributed by atoms with van der Waals surface area (Å²) in [7, 11) is 0.810. The molecule has 46 valence electrons. The van der Waals surface area contributed by atoms with Gasteiger partial charge in [0.1, 0.15) is 7.05 Å². The first-order chi connectivity index (χ1) is 3.48. The Morgan fingerprint density at radius 2 is 2.38 bits per heavy atom. The maximum atomic E-state index is 10.1. The summed E-state index contributed by atoms with van der Waals surface area (Å²) in [4.78, 5) is 8.20. The van der Waals surface area contributed by atoms with Crippen LogP contribution in [0.25, 0.3) is 0 Å². The largest absolute Gasteiger partial charge is 0.591 e. The lowest BCUT2D eigenvalue weighted by Gasteiger charge is -2.22. The topological polar surface area (TPSA) is 60.4 Å². The molecule has 0 spiro atoms. The van der Waals surface area contributed by atoms with Gasteiger partial charge < -0.3 is 5.21 Å². The fourth-order valence-corrected chi connectivity index (χ4v) is 0.169. The van der Waals surface area contributed by atoms with E-state index in [1.165, 1.54) is 0 Å². The number of hydrogen-bond acceptors (Lipinski definition) is 3. The summed E-state index contributed by atoms with van der Waals surface area (Å²) in [6.07, 6.45) is 0.771. The van der Waals surface area contributed by atoms with Crippen LogP contribution < -0.4 is 0 Å². The Kier molecular flexibility index (Phi) is 1.86. The number of hydrogen-bond donors (Lipinski definition) is 1. The van der Waals surface area contributed by atoms with Crippen LogP contribution in [0.4, 0.5) is 0 Å². The zero-order valence-corrected chi connectivity index (χ0v) is 4.50. The van der Waals surface area contributed by atoms with Gasteiger partial charge >= 0.3 is 5.91 Å². The third-order valence-electron chi connectivity index (χ3n) is 0.584. The molecule has 0 rings (SSSR count). The van der Waals surface area contributed by atoms with Gasteiger partial charge in [0.05, 0.1) is 0 Å². The van der Waals surface area contributed by atoms with E-state index in [-0.39, 0.29) is 0 Å². The van der Waals surface area contributed by atoms with Crippen molar-refractivity contribution < 1.29 is 14.8 Å². The van der Waals surface area contributed by atoms with E-state index in [9.17, 15) is 10.0 Å². The summed E-state index contributed by atoms with van der Waals surface area (Å²) in [6.45, 7) is 3.00. The zero-order valence-electron chi connectivity index (χ0n) is 4.50. The van der Waals surface area contributed by atoms with E-state index in [1.54, 1.807) is 0 Å². The van der Waals surface area contributed by atoms with Crippen LogP contribution >= 0.6 is 0 Å². The molecule has 0 bridgehead atoms. The molecule has 1 unspecified atom stereocenters. The standard InChI is InChI=1S/C4H7NO3/c1-3-4(6)5(2,7)8/h3,7H,1H2,2H3. The lowest BCUT2D eigenvalue weighted by Crippen LogP contribution is -2.38. The molecule has 0 aromatic carbocycles. The molecule has 1 atom stereocenters. The van der Waals surface area contributed by atoms with E-state index in [2.05, 4.69) is 6.58 Å². The Morgan fingerprint density at radius 3 is 2.38 bits per heavy atom. The Balaban J connectivity index is 4.02. The number of quaternary nitrogens is 1. The van der Waals surface area contributed by atoms with Crippen LogP contribution in [0.15, 0.2) is 12.7 Å². The molecule has 0 aliphatic heterocycles. The molecule has 0 aliphatic carbocycles. The minimum atomic E-state index is -1.93. The van der Waals surface area contributed by atoms with Crippen molar-refractivity contribution in [1.29, 1.82) is 0 Å². The van der Waals surface area contributed by atoms with Gasteiger partial charge in [-0.05, 0) is 0 Å². The molecule has 8 heavy (non-hydrogen) atoms. The predicted molar refractivity (Wildman–Crippen MR) is 26.5 cm³/mol. The van der Waals surface area contributed by atoms with Crippen molar-refractivity contribution in [3.63, 3.8) is 0 Å². The van der Waals surface area contributed by atoms with Crippen LogP contribution in [0, 0.1) is 5.21 Å². The second-order valence-corrected chi connectivity index (χ2v) is 1.42. The number of carbonyl (C=O) groups excluding carboxylic acids is 1. The molecule has 0 heterocycles. The van der Waals surface area contributed by atoms with Gasteiger partial charge in [0.15, 0.2) is 0 Å². The lowest BCUT2D eigenvalue weighted by atomic mass is 10.6. The third kappa shape index (κ3) is 1.83. The zero-order chi connectivity index (χ0) is 6.78. The fourth-order valence-electron chi connectivity index (χ4n) is 0.169. The van der Waals surface area contributed by atoms with Gasteiger partial charge in [-0.15, -0.1) is 0 Å². The van der Waals surface area contributed by atoms with E-state index in [1.807, 2.05) is 0 Å². The average Bonchev–Trinajstić information content (AvgIpc) is 1.62. The molecule has 1 amide bonds. The molecule has 0 radical (unpaired) electrons. The molecule has 0 saturated heterocycles. The molecule has 4 heteroatoms. The van der Waals surface area contributed by atoms with Crippen LogP contribution in [0.1, 0.15) is 0 Å². The quantitative estimate of drug-likeness (QED) is 0.228. The van der Waals surface area contributed by atoms with Gasteiger partial charge in [0.25, 0.3) is 0 Å². The number of nitrogens with zero attached hydrogens (tertiary/aromatic N) is 1. The van der Waals surface area contributed by atoms with Gasteiger partial charge in [-0.1, -0.05) is 6.58 Å². The van der Waals surface area contributed by atoms with Gasteiger partial charge in [-0.25, -0.2) is 10.0 Å². The fraction of sp³-hybridized carbons (Fsp3) is 0.250. The maximum Gasteiger partial charge on any atom is 0.370 e. The van der Waals surface area contributed by atoms with E-state index < -0.39 is 10.7 Å². The molecule has 0 aromatic rings. The lowest BCUT2D eigenvalue weighted by molar-refractivity contribution is -0.981. The van der Waals surface area contributed by atoms with Crippen molar-refractivity contribution in [2.45, 2.75) is 0 Å². The molecule has 4 nitrogen and oxygen atoms in total. The van der Waals surface area contributed by atoms with E-state index in [0.29, 0.717) is 0 Å². The number of amides is 1. The number of likely N-dealkylation sites (N-methyl/N-ethyl adjacent to an activating group) is 1. The summed E-state index contributed by atoms with van der Waals surface area (Å²) in [5, 5.41) is 18.4. The van der Waals surface area contributed by atoms with E-state index in [0.717, 1.165) is 13.1 Å². The summed E-state index contributed by atoms with van der Waals surface area (Å²) < 4.78 is 0. The van der Waals surface area contributed by atoms with E-state index in [4.69, 9.17) is 5.21 Å². The monoisotopic (exact) mass is 117 g/mol. The van der Waals surface area contributed by atoms with Crippen molar-refractivity contribution in [2.24, 2.45) is 0 Å². The summed E-state index contributed by atoms with van der Waals surface area (Å²) in [6, 6.07) is 0. The molecular weight excluding hydrogens is 110 g/mol. The molecular formula is C4H7NO3. The average molecular weight is 117 g/mol. The smallest absolute Gasteiger partial charge is 0.370 e. The number of rotatable bonds is 1. The highest BCUT2D eigenvalue weighted by atomic mass is 16.8. The van der Waals surface area contributed by atoms with Gasteiger partial charge in [-0.3, -0.25) is 0 Å². The van der Waals surface area contributed by atoms with Crippen LogP contribution in [0.3, 0.4) is 0 Å². The second-order valence-electron chi connectivity index (χ2n) is 1.42. The Hall–Kier alpha value is -0.710. The highest BCUT2D eigenvalue weighted by Crippen LogP contribution is 1.91. The molecule has 0 aliphatic rings. The molecule has 0 fully saturated rings. The first-order valence-electron chi connectivity index (χ1n) is 1.95. The SMILES string of the molecule is C=CC(=O)[N+](C)([O-])O. The first-order valence-corrected chi connectivity index (χ1v) is 1.95. The Labute approximate surface area is 46.8 Å². The van der Waals surface area contributed by atoms with Crippen LogP contribution in [-0.2, 0) is 4.79 Å². The predicted octanol–water partition coefficient (Wildman–Crippen LogP) is 0.0326. The van der Waals surface area contributed by atoms with Crippen LogP contribution in [0.2, 0.25) is 0 Å². The van der Waals surface area contributed by atoms with Crippen LogP contribution in [-0.4, -0.2) is 23.0 Å². The Morgan fingerprint density at radius 1 is 2.00 bits per heavy atom. The molecule has 1 N–H and O–H groups in total. The summed E-state index contributed by atoms with van der Waals surface area (Å²) in [5.41, 5.74) is 0. The van der Waals surface area contributed by atoms with Crippen molar-refractivity contribution in [2.75, 3.05) is 7.05 Å². The van der Waals surface area contributed by atoms with Crippen molar-refractivity contribution >= 4 is 5.91 Å². The maximum absolute atomic E-state index is 10.1. The normalized spacial score (nSPS) is 16.9. The number of hydroxylamine groups is 4. The van der Waals surface area contributed by atoms with E-state index >= 15 is 0 Å². The van der Waals surface area contributed by atoms with Gasteiger partial charge in [0, 0.05) is 6.08 Å². The van der Waals surface area contributed by atoms with Crippen molar-refractivity contribution in [1.82, 2.24) is 0 Å². The Bertz CT molecular complexity index is 113. The summed E-state index contributed by atoms with van der Waals surface area (Å²) >= 11 is 0. The summed E-state index contributed by atoms with van der Waals surface area (Å²) in [5.74, 6) is -0.968. The third-order valence-corrected chi connectivity index (χ3v) is 0.584. The highest BCUT2D eigenvalue weighted by molar-refractivity contribution is 5.80. The van der Waals surface area contributed by atoms with Gasteiger partial charge in [-0.2, -0.15) is 4.81 Å². The highest BCUT2D eigenvalue weighted by Gasteiger charge is 2.13. The second kappa shape index (κ2) is 2.04. The first kappa shape index (κ1) is 7.29. The van der Waals surface area contributed by atoms with Gasteiger partial charge in [0.2, 0.25) is 0 Å². The molecule has 0 saturated carbocycles. The van der Waals surface area contributed by atoms with Crippen LogP contribution in [0.5, 0.6) is 0 Å².